The Morgan fingerprint density at radius 3 is 2.65 bits per heavy atom. The van der Waals surface area contributed by atoms with Crippen LogP contribution in [-0.4, -0.2) is 37.6 Å². The zero-order valence-corrected chi connectivity index (χ0v) is 13.7. The van der Waals surface area contributed by atoms with Crippen molar-refractivity contribution in [1.82, 2.24) is 10.6 Å². The number of carbonyl (C=O) groups excluding carboxylic acids is 2. The molecule has 1 aliphatic rings. The molecule has 1 saturated heterocycles. The molecule has 6 heteroatoms. The summed E-state index contributed by atoms with van der Waals surface area (Å²) in [6.07, 6.45) is 1.69. The van der Waals surface area contributed by atoms with Crippen molar-refractivity contribution in [1.29, 1.82) is 0 Å². The molecular formula is C17H24N2O4. The minimum absolute atomic E-state index is 0.0574. The highest BCUT2D eigenvalue weighted by Gasteiger charge is 2.26. The van der Waals surface area contributed by atoms with E-state index in [2.05, 4.69) is 10.6 Å². The highest BCUT2D eigenvalue weighted by atomic mass is 16.5. The first-order valence-electron chi connectivity index (χ1n) is 8.09. The summed E-state index contributed by atoms with van der Waals surface area (Å²) >= 11 is 0. The SMILES string of the molecule is CCOc1ccc(CCNC(=O)C2CCC(=O)N2)cc1OCC. The molecule has 0 aliphatic carbocycles. The van der Waals surface area contributed by atoms with Gasteiger partial charge in [0.05, 0.1) is 13.2 Å². The van der Waals surface area contributed by atoms with E-state index in [4.69, 9.17) is 9.47 Å². The minimum atomic E-state index is -0.387. The van der Waals surface area contributed by atoms with Gasteiger partial charge in [-0.3, -0.25) is 9.59 Å². The van der Waals surface area contributed by atoms with Gasteiger partial charge in [0.25, 0.3) is 0 Å². The fraction of sp³-hybridized carbons (Fsp3) is 0.529. The van der Waals surface area contributed by atoms with Crippen molar-refractivity contribution in [3.63, 3.8) is 0 Å². The fourth-order valence-corrected chi connectivity index (χ4v) is 2.52. The summed E-state index contributed by atoms with van der Waals surface area (Å²) in [7, 11) is 0. The molecule has 0 saturated carbocycles. The molecule has 0 aromatic heterocycles. The molecule has 0 radical (unpaired) electrons. The zero-order chi connectivity index (χ0) is 16.7. The van der Waals surface area contributed by atoms with Crippen molar-refractivity contribution in [2.45, 2.75) is 39.2 Å². The van der Waals surface area contributed by atoms with Gasteiger partial charge in [0.1, 0.15) is 6.04 Å². The average Bonchev–Trinajstić information content (AvgIpc) is 2.97. The van der Waals surface area contributed by atoms with Crippen LogP contribution in [0.25, 0.3) is 0 Å². The van der Waals surface area contributed by atoms with E-state index >= 15 is 0 Å². The Bertz CT molecular complexity index is 560. The second-order valence-electron chi connectivity index (χ2n) is 5.35. The van der Waals surface area contributed by atoms with Gasteiger partial charge in [-0.25, -0.2) is 0 Å². The van der Waals surface area contributed by atoms with Crippen LogP contribution in [0.2, 0.25) is 0 Å². The Balaban J connectivity index is 1.86. The number of rotatable bonds is 8. The maximum absolute atomic E-state index is 11.9. The van der Waals surface area contributed by atoms with Gasteiger partial charge in [0.15, 0.2) is 11.5 Å². The molecular weight excluding hydrogens is 296 g/mol. The van der Waals surface area contributed by atoms with Crippen LogP contribution >= 0.6 is 0 Å². The lowest BCUT2D eigenvalue weighted by Crippen LogP contribution is -2.42. The molecule has 1 aromatic carbocycles. The van der Waals surface area contributed by atoms with Gasteiger partial charge < -0.3 is 20.1 Å². The molecule has 1 heterocycles. The molecule has 23 heavy (non-hydrogen) atoms. The Hall–Kier alpha value is -2.24. The predicted molar refractivity (Wildman–Crippen MR) is 86.7 cm³/mol. The molecule has 0 spiro atoms. The average molecular weight is 320 g/mol. The molecule has 1 atom stereocenters. The van der Waals surface area contributed by atoms with E-state index in [1.165, 1.54) is 0 Å². The van der Waals surface area contributed by atoms with Crippen LogP contribution in [0.4, 0.5) is 0 Å². The van der Waals surface area contributed by atoms with Gasteiger partial charge in [-0.1, -0.05) is 6.07 Å². The number of carbonyl (C=O) groups is 2. The van der Waals surface area contributed by atoms with Crippen molar-refractivity contribution in [2.75, 3.05) is 19.8 Å². The van der Waals surface area contributed by atoms with E-state index in [1.807, 2.05) is 32.0 Å². The molecule has 1 fully saturated rings. The maximum Gasteiger partial charge on any atom is 0.242 e. The lowest BCUT2D eigenvalue weighted by Gasteiger charge is -2.13. The normalized spacial score (nSPS) is 16.8. The van der Waals surface area contributed by atoms with Crippen LogP contribution in [0.3, 0.4) is 0 Å². The van der Waals surface area contributed by atoms with Crippen LogP contribution in [-0.2, 0) is 16.0 Å². The lowest BCUT2D eigenvalue weighted by molar-refractivity contribution is -0.125. The highest BCUT2D eigenvalue weighted by molar-refractivity contribution is 5.90. The molecule has 126 valence electrons. The van der Waals surface area contributed by atoms with Crippen molar-refractivity contribution >= 4 is 11.8 Å². The third-order valence-electron chi connectivity index (χ3n) is 3.63. The molecule has 6 nitrogen and oxygen atoms in total. The summed E-state index contributed by atoms with van der Waals surface area (Å²) in [6.45, 7) is 5.54. The highest BCUT2D eigenvalue weighted by Crippen LogP contribution is 2.28. The number of ether oxygens (including phenoxy) is 2. The molecule has 2 amide bonds. The second kappa shape index (κ2) is 8.41. The number of benzene rings is 1. The van der Waals surface area contributed by atoms with Crippen molar-refractivity contribution < 1.29 is 19.1 Å². The van der Waals surface area contributed by atoms with Crippen LogP contribution in [0.5, 0.6) is 11.5 Å². The summed E-state index contributed by atoms with van der Waals surface area (Å²) in [4.78, 5) is 23.0. The fourth-order valence-electron chi connectivity index (χ4n) is 2.52. The number of nitrogens with one attached hydrogen (secondary N) is 2. The van der Waals surface area contributed by atoms with Gasteiger partial charge >= 0.3 is 0 Å². The Labute approximate surface area is 136 Å². The van der Waals surface area contributed by atoms with Crippen molar-refractivity contribution in [3.05, 3.63) is 23.8 Å². The van der Waals surface area contributed by atoms with E-state index in [-0.39, 0.29) is 17.9 Å². The molecule has 2 N–H and O–H groups in total. The van der Waals surface area contributed by atoms with Crippen molar-refractivity contribution in [2.24, 2.45) is 0 Å². The number of hydrogen-bond acceptors (Lipinski definition) is 4. The topological polar surface area (TPSA) is 76.7 Å². The molecule has 2 rings (SSSR count). The Kier molecular flexibility index (Phi) is 6.26. The summed E-state index contributed by atoms with van der Waals surface area (Å²) in [5.74, 6) is 1.28. The van der Waals surface area contributed by atoms with Crippen LogP contribution in [0.1, 0.15) is 32.3 Å². The molecule has 1 aliphatic heterocycles. The van der Waals surface area contributed by atoms with Gasteiger partial charge in [0.2, 0.25) is 11.8 Å². The minimum Gasteiger partial charge on any atom is -0.490 e. The van der Waals surface area contributed by atoms with Crippen molar-refractivity contribution in [3.8, 4) is 11.5 Å². The van der Waals surface area contributed by atoms with Crippen LogP contribution < -0.4 is 20.1 Å². The first kappa shape index (κ1) is 17.1. The summed E-state index contributed by atoms with van der Waals surface area (Å²) in [6, 6.07) is 5.42. The zero-order valence-electron chi connectivity index (χ0n) is 13.7. The first-order chi connectivity index (χ1) is 11.1. The Morgan fingerprint density at radius 1 is 1.26 bits per heavy atom. The van der Waals surface area contributed by atoms with Crippen LogP contribution in [0.15, 0.2) is 18.2 Å². The monoisotopic (exact) mass is 320 g/mol. The van der Waals surface area contributed by atoms with E-state index in [0.29, 0.717) is 39.0 Å². The second-order valence-corrected chi connectivity index (χ2v) is 5.35. The predicted octanol–water partition coefficient (Wildman–Crippen LogP) is 1.42. The van der Waals surface area contributed by atoms with Gasteiger partial charge in [-0.2, -0.15) is 0 Å². The first-order valence-corrected chi connectivity index (χ1v) is 8.09. The van der Waals surface area contributed by atoms with E-state index in [1.54, 1.807) is 0 Å². The quantitative estimate of drug-likeness (QED) is 0.759. The van der Waals surface area contributed by atoms with E-state index < -0.39 is 0 Å². The summed E-state index contributed by atoms with van der Waals surface area (Å²) in [5.41, 5.74) is 1.06. The Morgan fingerprint density at radius 2 is 2.00 bits per heavy atom. The lowest BCUT2D eigenvalue weighted by atomic mass is 10.1. The van der Waals surface area contributed by atoms with Gasteiger partial charge in [0, 0.05) is 13.0 Å². The van der Waals surface area contributed by atoms with E-state index in [0.717, 1.165) is 17.1 Å². The van der Waals surface area contributed by atoms with E-state index in [9.17, 15) is 9.59 Å². The maximum atomic E-state index is 11.9. The standard InChI is InChI=1S/C17H24N2O4/c1-3-22-14-7-5-12(11-15(14)23-4-2)9-10-18-17(21)13-6-8-16(20)19-13/h5,7,11,13H,3-4,6,8-10H2,1-2H3,(H,18,21)(H,19,20). The van der Waals surface area contributed by atoms with Gasteiger partial charge in [-0.15, -0.1) is 0 Å². The van der Waals surface area contributed by atoms with Gasteiger partial charge in [-0.05, 0) is 44.4 Å². The molecule has 1 unspecified atom stereocenters. The molecule has 0 bridgehead atoms. The summed E-state index contributed by atoms with van der Waals surface area (Å²) < 4.78 is 11.1. The third kappa shape index (κ3) is 4.87. The smallest absolute Gasteiger partial charge is 0.242 e. The number of amides is 2. The molecule has 1 aromatic rings. The largest absolute Gasteiger partial charge is 0.490 e. The third-order valence-corrected chi connectivity index (χ3v) is 3.63. The summed E-state index contributed by atoms with van der Waals surface area (Å²) in [5, 5.41) is 5.52. The van der Waals surface area contributed by atoms with Crippen LogP contribution in [0, 0.1) is 0 Å². The number of hydrogen-bond donors (Lipinski definition) is 2.